The molecule has 1 heterocycles. The second-order valence-corrected chi connectivity index (χ2v) is 7.24. The average Bonchev–Trinajstić information content (AvgIpc) is 2.90. The van der Waals surface area contributed by atoms with Crippen molar-refractivity contribution in [2.24, 2.45) is 28.9 Å². The summed E-state index contributed by atoms with van der Waals surface area (Å²) in [5.41, 5.74) is 5.01. The third-order valence-corrected chi connectivity index (χ3v) is 6.14. The maximum Gasteiger partial charge on any atom is 0.140 e. The predicted octanol–water partition coefficient (Wildman–Crippen LogP) is 2.64. The highest BCUT2D eigenvalue weighted by Crippen LogP contribution is 2.65. The second kappa shape index (κ2) is 3.86. The van der Waals surface area contributed by atoms with Crippen molar-refractivity contribution in [1.29, 1.82) is 0 Å². The minimum absolute atomic E-state index is 0.0334. The standard InChI is InChI=1S/C16H23NO2/c17-10-16(18,14-2-1-3-19-14)15-7-11-4-12(8-15)6-13(5-11)9-15/h1-3,11-13,18H,4-10,17H2. The van der Waals surface area contributed by atoms with Gasteiger partial charge in [-0.3, -0.25) is 0 Å². The fourth-order valence-electron chi connectivity index (χ4n) is 5.71. The molecule has 0 spiro atoms. The molecule has 3 N–H and O–H groups in total. The van der Waals surface area contributed by atoms with Crippen LogP contribution in [0.15, 0.2) is 22.8 Å². The summed E-state index contributed by atoms with van der Waals surface area (Å²) in [6.45, 7) is 0.271. The van der Waals surface area contributed by atoms with Crippen LogP contribution in [0.3, 0.4) is 0 Å². The molecular weight excluding hydrogens is 238 g/mol. The largest absolute Gasteiger partial charge is 0.466 e. The Kier molecular flexibility index (Phi) is 2.43. The Bertz CT molecular complexity index is 432. The summed E-state index contributed by atoms with van der Waals surface area (Å²) in [5.74, 6) is 3.09. The van der Waals surface area contributed by atoms with Crippen LogP contribution in [0.25, 0.3) is 0 Å². The molecule has 0 radical (unpaired) electrons. The van der Waals surface area contributed by atoms with E-state index in [-0.39, 0.29) is 12.0 Å². The van der Waals surface area contributed by atoms with Crippen LogP contribution in [0.1, 0.15) is 44.3 Å². The molecule has 1 unspecified atom stereocenters. The highest BCUT2D eigenvalue weighted by molar-refractivity contribution is 5.20. The highest BCUT2D eigenvalue weighted by atomic mass is 16.4. The SMILES string of the molecule is NCC(O)(c1ccco1)C12CC3CC(CC(C3)C1)C2. The topological polar surface area (TPSA) is 59.4 Å². The van der Waals surface area contributed by atoms with Crippen molar-refractivity contribution in [2.45, 2.75) is 44.1 Å². The molecule has 4 aliphatic carbocycles. The van der Waals surface area contributed by atoms with E-state index in [1.807, 2.05) is 12.1 Å². The quantitative estimate of drug-likeness (QED) is 0.879. The van der Waals surface area contributed by atoms with E-state index in [4.69, 9.17) is 10.2 Å². The van der Waals surface area contributed by atoms with Gasteiger partial charge >= 0.3 is 0 Å². The number of aliphatic hydroxyl groups is 1. The van der Waals surface area contributed by atoms with Crippen LogP contribution in [0.2, 0.25) is 0 Å². The number of nitrogens with two attached hydrogens (primary N) is 1. The molecule has 1 aromatic heterocycles. The Morgan fingerprint density at radius 3 is 2.21 bits per heavy atom. The first-order valence-corrected chi connectivity index (χ1v) is 7.62. The van der Waals surface area contributed by atoms with Gasteiger partial charge in [-0.2, -0.15) is 0 Å². The maximum atomic E-state index is 11.3. The number of hydrogen-bond acceptors (Lipinski definition) is 3. The average molecular weight is 261 g/mol. The van der Waals surface area contributed by atoms with Crippen LogP contribution in [0, 0.1) is 23.2 Å². The molecule has 104 valence electrons. The van der Waals surface area contributed by atoms with Crippen molar-refractivity contribution < 1.29 is 9.52 Å². The fraction of sp³-hybridized carbons (Fsp3) is 0.750. The van der Waals surface area contributed by atoms with Gasteiger partial charge in [0.25, 0.3) is 0 Å². The molecular formula is C16H23NO2. The molecule has 4 bridgehead atoms. The Morgan fingerprint density at radius 2 is 1.79 bits per heavy atom. The van der Waals surface area contributed by atoms with Crippen molar-refractivity contribution in [2.75, 3.05) is 6.54 Å². The summed E-state index contributed by atoms with van der Waals surface area (Å²) in [5, 5.41) is 11.3. The summed E-state index contributed by atoms with van der Waals surface area (Å²) in [7, 11) is 0. The summed E-state index contributed by atoms with van der Waals surface area (Å²) in [4.78, 5) is 0. The zero-order valence-corrected chi connectivity index (χ0v) is 11.3. The number of furan rings is 1. The minimum Gasteiger partial charge on any atom is -0.466 e. The van der Waals surface area contributed by atoms with E-state index >= 15 is 0 Å². The molecule has 4 saturated carbocycles. The fourth-order valence-corrected chi connectivity index (χ4v) is 5.71. The molecule has 0 saturated heterocycles. The molecule has 3 nitrogen and oxygen atoms in total. The van der Waals surface area contributed by atoms with E-state index in [9.17, 15) is 5.11 Å². The molecule has 4 aliphatic rings. The minimum atomic E-state index is -0.966. The summed E-state index contributed by atoms with van der Waals surface area (Å²) in [6.07, 6.45) is 9.17. The lowest BCUT2D eigenvalue weighted by atomic mass is 9.45. The number of rotatable bonds is 3. The van der Waals surface area contributed by atoms with Gasteiger partial charge in [-0.15, -0.1) is 0 Å². The van der Waals surface area contributed by atoms with E-state index in [0.29, 0.717) is 5.76 Å². The lowest BCUT2D eigenvalue weighted by Gasteiger charge is -2.61. The van der Waals surface area contributed by atoms with Gasteiger partial charge in [-0.1, -0.05) is 0 Å². The molecule has 0 aliphatic heterocycles. The van der Waals surface area contributed by atoms with Crippen LogP contribution in [-0.2, 0) is 5.60 Å². The molecule has 1 aromatic rings. The normalized spacial score (nSPS) is 43.4. The Morgan fingerprint density at radius 1 is 1.21 bits per heavy atom. The van der Waals surface area contributed by atoms with Crippen LogP contribution in [0.5, 0.6) is 0 Å². The van der Waals surface area contributed by atoms with Crippen molar-refractivity contribution >= 4 is 0 Å². The lowest BCUT2D eigenvalue weighted by Crippen LogP contribution is -2.59. The van der Waals surface area contributed by atoms with E-state index in [1.165, 1.54) is 19.3 Å². The molecule has 1 atom stereocenters. The molecule has 4 fully saturated rings. The zero-order valence-electron chi connectivity index (χ0n) is 11.3. The molecule has 3 heteroatoms. The number of hydrogen-bond donors (Lipinski definition) is 2. The van der Waals surface area contributed by atoms with Gasteiger partial charge in [0.05, 0.1) is 6.26 Å². The van der Waals surface area contributed by atoms with Crippen molar-refractivity contribution in [3.8, 4) is 0 Å². The first-order chi connectivity index (χ1) is 9.15. The summed E-state index contributed by atoms with van der Waals surface area (Å²) in [6, 6.07) is 3.75. The Labute approximate surface area is 114 Å². The zero-order chi connectivity index (χ0) is 13.1. The van der Waals surface area contributed by atoms with Crippen molar-refractivity contribution in [3.63, 3.8) is 0 Å². The van der Waals surface area contributed by atoms with Crippen molar-refractivity contribution in [3.05, 3.63) is 24.2 Å². The first kappa shape index (κ1) is 12.0. The highest BCUT2D eigenvalue weighted by Gasteiger charge is 2.61. The van der Waals surface area contributed by atoms with Gasteiger partial charge in [-0.25, -0.2) is 0 Å². The van der Waals surface area contributed by atoms with Gasteiger partial charge in [0.15, 0.2) is 0 Å². The third kappa shape index (κ3) is 1.52. The van der Waals surface area contributed by atoms with Crippen LogP contribution in [0.4, 0.5) is 0 Å². The van der Waals surface area contributed by atoms with Crippen LogP contribution >= 0.6 is 0 Å². The van der Waals surface area contributed by atoms with E-state index < -0.39 is 5.60 Å². The van der Waals surface area contributed by atoms with Gasteiger partial charge in [0.2, 0.25) is 0 Å². The smallest absolute Gasteiger partial charge is 0.140 e. The lowest BCUT2D eigenvalue weighted by molar-refractivity contribution is -0.187. The Balaban J connectivity index is 1.77. The molecule has 0 amide bonds. The Hall–Kier alpha value is -0.800. The maximum absolute atomic E-state index is 11.3. The monoisotopic (exact) mass is 261 g/mol. The van der Waals surface area contributed by atoms with Gasteiger partial charge in [0, 0.05) is 12.0 Å². The predicted molar refractivity (Wildman–Crippen MR) is 72.3 cm³/mol. The van der Waals surface area contributed by atoms with E-state index in [1.54, 1.807) is 6.26 Å². The first-order valence-electron chi connectivity index (χ1n) is 7.62. The van der Waals surface area contributed by atoms with Crippen LogP contribution < -0.4 is 5.73 Å². The second-order valence-electron chi connectivity index (χ2n) is 7.24. The van der Waals surface area contributed by atoms with Gasteiger partial charge < -0.3 is 15.3 Å². The van der Waals surface area contributed by atoms with E-state index in [0.717, 1.165) is 37.0 Å². The van der Waals surface area contributed by atoms with Crippen molar-refractivity contribution in [1.82, 2.24) is 0 Å². The summed E-state index contributed by atoms with van der Waals surface area (Å²) >= 11 is 0. The van der Waals surface area contributed by atoms with E-state index in [2.05, 4.69) is 0 Å². The molecule has 0 aromatic carbocycles. The molecule has 5 rings (SSSR count). The van der Waals surface area contributed by atoms with Gasteiger partial charge in [0.1, 0.15) is 11.4 Å². The van der Waals surface area contributed by atoms with Gasteiger partial charge in [-0.05, 0) is 68.4 Å². The van der Waals surface area contributed by atoms with Crippen LogP contribution in [-0.4, -0.2) is 11.7 Å². The molecule has 19 heavy (non-hydrogen) atoms. The third-order valence-electron chi connectivity index (χ3n) is 6.14. The summed E-state index contributed by atoms with van der Waals surface area (Å²) < 4.78 is 5.55.